The zero-order valence-electron chi connectivity index (χ0n) is 11.7. The summed E-state index contributed by atoms with van der Waals surface area (Å²) in [4.78, 5) is 9.97. The van der Waals surface area contributed by atoms with Gasteiger partial charge in [0.05, 0.1) is 18.1 Å². The maximum absolute atomic E-state index is 12.3. The summed E-state index contributed by atoms with van der Waals surface area (Å²) in [5.41, 5.74) is 0.0194. The van der Waals surface area contributed by atoms with Gasteiger partial charge in [0.25, 0.3) is 5.69 Å². The van der Waals surface area contributed by atoms with Crippen LogP contribution in [0.5, 0.6) is 0 Å². The molecule has 0 amide bonds. The van der Waals surface area contributed by atoms with Crippen LogP contribution in [-0.4, -0.2) is 34.2 Å². The molecule has 1 rings (SSSR count). The Morgan fingerprint density at radius 2 is 1.67 bits per heavy atom. The molecule has 2 atom stereocenters. The van der Waals surface area contributed by atoms with Crippen molar-refractivity contribution < 1.29 is 28.7 Å². The summed E-state index contributed by atoms with van der Waals surface area (Å²) in [7, 11) is -3.89. The van der Waals surface area contributed by atoms with Gasteiger partial charge < -0.3 is 19.3 Å². The highest BCUT2D eigenvalue weighted by molar-refractivity contribution is 7.54. The van der Waals surface area contributed by atoms with E-state index < -0.39 is 24.5 Å². The zero-order valence-corrected chi connectivity index (χ0v) is 12.6. The van der Waals surface area contributed by atoms with Gasteiger partial charge in [-0.25, -0.2) is 0 Å². The van der Waals surface area contributed by atoms with Gasteiger partial charge in [-0.15, -0.1) is 0 Å². The Balaban J connectivity index is 2.96. The average Bonchev–Trinajstić information content (AvgIpc) is 2.46. The molecular weight excluding hydrogens is 301 g/mol. The molecule has 118 valence electrons. The molecule has 8 nitrogen and oxygen atoms in total. The first-order valence-electron chi connectivity index (χ1n) is 6.35. The SMILES string of the molecule is CCOP(=O)(OCC)[C@@H](O)[C@H](O)c1ccc([N+](=O)[O-])cc1. The summed E-state index contributed by atoms with van der Waals surface area (Å²) in [6, 6.07) is 4.90. The summed E-state index contributed by atoms with van der Waals surface area (Å²) in [5.74, 6) is -1.78. The van der Waals surface area contributed by atoms with Gasteiger partial charge in [-0.3, -0.25) is 14.7 Å². The van der Waals surface area contributed by atoms with E-state index in [1.54, 1.807) is 13.8 Å². The van der Waals surface area contributed by atoms with Gasteiger partial charge in [-0.05, 0) is 31.5 Å². The van der Waals surface area contributed by atoms with Crippen LogP contribution in [0.15, 0.2) is 24.3 Å². The maximum Gasteiger partial charge on any atom is 0.361 e. The number of benzene rings is 1. The van der Waals surface area contributed by atoms with Crippen LogP contribution in [0.1, 0.15) is 25.5 Å². The third-order valence-electron chi connectivity index (χ3n) is 2.67. The third-order valence-corrected chi connectivity index (χ3v) is 4.84. The summed E-state index contributed by atoms with van der Waals surface area (Å²) >= 11 is 0. The van der Waals surface area contributed by atoms with Gasteiger partial charge in [0, 0.05) is 12.1 Å². The van der Waals surface area contributed by atoms with E-state index in [4.69, 9.17) is 9.05 Å². The molecule has 0 saturated heterocycles. The molecule has 9 heteroatoms. The minimum absolute atomic E-state index is 0.0430. The summed E-state index contributed by atoms with van der Waals surface area (Å²) in [6.45, 7) is 3.25. The van der Waals surface area contributed by atoms with Crippen molar-refractivity contribution in [1.82, 2.24) is 0 Å². The first-order valence-corrected chi connectivity index (χ1v) is 7.96. The van der Waals surface area contributed by atoms with Crippen LogP contribution in [0.3, 0.4) is 0 Å². The fourth-order valence-corrected chi connectivity index (χ4v) is 3.31. The van der Waals surface area contributed by atoms with Crippen molar-refractivity contribution in [2.75, 3.05) is 13.2 Å². The lowest BCUT2D eigenvalue weighted by molar-refractivity contribution is -0.384. The molecule has 0 aliphatic carbocycles. The van der Waals surface area contributed by atoms with E-state index in [0.29, 0.717) is 0 Å². The number of rotatable bonds is 8. The molecule has 0 radical (unpaired) electrons. The Bertz CT molecular complexity index is 509. The van der Waals surface area contributed by atoms with E-state index in [-0.39, 0.29) is 24.5 Å². The number of non-ortho nitro benzene ring substituents is 1. The molecule has 0 aromatic heterocycles. The Labute approximate surface area is 122 Å². The van der Waals surface area contributed by atoms with Gasteiger partial charge in [-0.2, -0.15) is 0 Å². The minimum atomic E-state index is -3.89. The first-order chi connectivity index (χ1) is 9.85. The normalized spacial score (nSPS) is 14.7. The number of aliphatic hydroxyl groups is 2. The van der Waals surface area contributed by atoms with E-state index >= 15 is 0 Å². The number of nitro groups is 1. The van der Waals surface area contributed by atoms with Gasteiger partial charge >= 0.3 is 7.60 Å². The lowest BCUT2D eigenvalue weighted by atomic mass is 10.1. The molecule has 0 bridgehead atoms. The van der Waals surface area contributed by atoms with E-state index in [2.05, 4.69) is 0 Å². The number of nitro benzene ring substituents is 1. The van der Waals surface area contributed by atoms with Crippen LogP contribution in [0, 0.1) is 10.1 Å². The number of hydrogen-bond donors (Lipinski definition) is 2. The Kier molecular flexibility index (Phi) is 6.44. The van der Waals surface area contributed by atoms with Crippen LogP contribution >= 0.6 is 7.60 Å². The molecule has 0 heterocycles. The molecule has 0 fully saturated rings. The molecule has 0 aliphatic heterocycles. The van der Waals surface area contributed by atoms with Crippen molar-refractivity contribution in [3.63, 3.8) is 0 Å². The van der Waals surface area contributed by atoms with Crippen molar-refractivity contribution in [2.45, 2.75) is 25.8 Å². The predicted octanol–water partition coefficient (Wildman–Crippen LogP) is 2.21. The fourth-order valence-electron chi connectivity index (χ4n) is 1.69. The van der Waals surface area contributed by atoms with Crippen molar-refractivity contribution in [3.05, 3.63) is 39.9 Å². The van der Waals surface area contributed by atoms with Gasteiger partial charge in [0.15, 0.2) is 5.85 Å². The molecular formula is C12H18NO7P. The second-order valence-corrected chi connectivity index (χ2v) is 6.21. The lowest BCUT2D eigenvalue weighted by Crippen LogP contribution is -2.21. The predicted molar refractivity (Wildman–Crippen MR) is 74.9 cm³/mol. The topological polar surface area (TPSA) is 119 Å². The van der Waals surface area contributed by atoms with E-state index in [1.165, 1.54) is 24.3 Å². The zero-order chi connectivity index (χ0) is 16.0. The number of nitrogens with zero attached hydrogens (tertiary/aromatic N) is 1. The highest BCUT2D eigenvalue weighted by Gasteiger charge is 2.40. The summed E-state index contributed by atoms with van der Waals surface area (Å²) in [6.07, 6.45) is -1.55. The van der Waals surface area contributed by atoms with Crippen LogP contribution in [0.25, 0.3) is 0 Å². The first kappa shape index (κ1) is 17.7. The van der Waals surface area contributed by atoms with Crippen molar-refractivity contribution >= 4 is 13.3 Å². The van der Waals surface area contributed by atoms with E-state index in [9.17, 15) is 24.9 Å². The van der Waals surface area contributed by atoms with Gasteiger partial charge in [0.2, 0.25) is 0 Å². The molecule has 0 spiro atoms. The third kappa shape index (κ3) is 4.33. The monoisotopic (exact) mass is 319 g/mol. The second kappa shape index (κ2) is 7.63. The van der Waals surface area contributed by atoms with Crippen LogP contribution < -0.4 is 0 Å². The quantitative estimate of drug-likeness (QED) is 0.428. The molecule has 1 aromatic rings. The highest BCUT2D eigenvalue weighted by Crippen LogP contribution is 2.55. The van der Waals surface area contributed by atoms with Crippen LogP contribution in [-0.2, 0) is 13.6 Å². The van der Waals surface area contributed by atoms with E-state index in [1.807, 2.05) is 0 Å². The lowest BCUT2D eigenvalue weighted by Gasteiger charge is -2.25. The van der Waals surface area contributed by atoms with Crippen molar-refractivity contribution in [2.24, 2.45) is 0 Å². The average molecular weight is 319 g/mol. The van der Waals surface area contributed by atoms with Gasteiger partial charge in [-0.1, -0.05) is 0 Å². The van der Waals surface area contributed by atoms with E-state index in [0.717, 1.165) is 0 Å². The van der Waals surface area contributed by atoms with Crippen LogP contribution in [0.2, 0.25) is 0 Å². The largest absolute Gasteiger partial charge is 0.385 e. The highest BCUT2D eigenvalue weighted by atomic mass is 31.2. The standard InChI is InChI=1S/C12H18NO7P/c1-3-19-21(18,20-4-2)12(15)11(14)9-5-7-10(8-6-9)13(16)17/h5-8,11-12,14-15H,3-4H2,1-2H3/t11-,12-/m1/s1. The maximum atomic E-state index is 12.3. The smallest absolute Gasteiger partial charge is 0.361 e. The Morgan fingerprint density at radius 1 is 1.19 bits per heavy atom. The molecule has 0 saturated carbocycles. The molecule has 0 unspecified atom stereocenters. The molecule has 2 N–H and O–H groups in total. The second-order valence-electron chi connectivity index (χ2n) is 4.08. The summed E-state index contributed by atoms with van der Waals surface area (Å²) < 4.78 is 22.2. The van der Waals surface area contributed by atoms with Crippen LogP contribution in [0.4, 0.5) is 5.69 Å². The fraction of sp³-hybridized carbons (Fsp3) is 0.500. The summed E-state index contributed by atoms with van der Waals surface area (Å²) in [5, 5.41) is 30.6. The molecule has 21 heavy (non-hydrogen) atoms. The van der Waals surface area contributed by atoms with Gasteiger partial charge in [0.1, 0.15) is 6.10 Å². The molecule has 1 aromatic carbocycles. The Hall–Kier alpha value is -1.31. The Morgan fingerprint density at radius 3 is 2.05 bits per heavy atom. The molecule has 0 aliphatic rings. The van der Waals surface area contributed by atoms with Crippen molar-refractivity contribution in [3.8, 4) is 0 Å². The number of aliphatic hydroxyl groups excluding tert-OH is 2. The number of hydrogen-bond acceptors (Lipinski definition) is 7. The van der Waals surface area contributed by atoms with Crippen molar-refractivity contribution in [1.29, 1.82) is 0 Å². The minimum Gasteiger partial charge on any atom is -0.385 e.